The number of pyridine rings is 2. The lowest BCUT2D eigenvalue weighted by molar-refractivity contribution is 0.100. The smallest absolute Gasteiger partial charge is 0.250 e. The van der Waals surface area contributed by atoms with Crippen molar-refractivity contribution in [1.82, 2.24) is 19.5 Å². The van der Waals surface area contributed by atoms with Crippen molar-refractivity contribution in [3.63, 3.8) is 0 Å². The highest BCUT2D eigenvalue weighted by molar-refractivity contribution is 6.07. The highest BCUT2D eigenvalue weighted by Gasteiger charge is 2.21. The van der Waals surface area contributed by atoms with Gasteiger partial charge in [0.05, 0.1) is 22.2 Å². The van der Waals surface area contributed by atoms with Gasteiger partial charge in [0.25, 0.3) is 5.91 Å². The van der Waals surface area contributed by atoms with Crippen molar-refractivity contribution in [2.75, 3.05) is 0 Å². The van der Waals surface area contributed by atoms with Crippen molar-refractivity contribution in [3.8, 4) is 16.8 Å². The molecule has 0 saturated heterocycles. The van der Waals surface area contributed by atoms with Gasteiger partial charge in [-0.3, -0.25) is 14.3 Å². The number of imidazole rings is 1. The molecule has 0 aliphatic heterocycles. The quantitative estimate of drug-likeness (QED) is 0.404. The molecule has 3 heterocycles. The number of aromatic nitrogens is 4. The van der Waals surface area contributed by atoms with E-state index in [1.54, 1.807) is 30.5 Å². The molecule has 164 valence electrons. The Morgan fingerprint density at radius 1 is 0.939 bits per heavy atom. The van der Waals surface area contributed by atoms with Crippen LogP contribution in [-0.2, 0) is 0 Å². The average Bonchev–Trinajstić information content (AvgIpc) is 3.12. The van der Waals surface area contributed by atoms with E-state index in [-0.39, 0.29) is 27.5 Å². The molecule has 0 aliphatic rings. The van der Waals surface area contributed by atoms with Crippen LogP contribution in [0.15, 0.2) is 48.8 Å². The van der Waals surface area contributed by atoms with Gasteiger partial charge in [0.15, 0.2) is 0 Å². The fourth-order valence-electron chi connectivity index (χ4n) is 4.13. The molecule has 0 unspecified atom stereocenters. The Kier molecular flexibility index (Phi) is 4.63. The topological polar surface area (TPSA) is 86.7 Å². The van der Waals surface area contributed by atoms with E-state index in [9.17, 15) is 18.0 Å². The molecule has 2 N–H and O–H groups in total. The lowest BCUT2D eigenvalue weighted by atomic mass is 9.98. The average molecular weight is 447 g/mol. The summed E-state index contributed by atoms with van der Waals surface area (Å²) in [7, 11) is 0. The molecule has 2 aromatic carbocycles. The Bertz CT molecular complexity index is 1610. The molecule has 5 rings (SSSR count). The highest BCUT2D eigenvalue weighted by Crippen LogP contribution is 2.34. The molecule has 0 saturated carbocycles. The van der Waals surface area contributed by atoms with Crippen LogP contribution in [0.5, 0.6) is 0 Å². The summed E-state index contributed by atoms with van der Waals surface area (Å²) in [5, 5.41) is -0.0305. The van der Waals surface area contributed by atoms with Crippen molar-refractivity contribution >= 4 is 27.8 Å². The predicted molar refractivity (Wildman–Crippen MR) is 117 cm³/mol. The Hall–Kier alpha value is -4.27. The number of rotatable bonds is 3. The number of nitrogens with two attached hydrogens (primary N) is 1. The van der Waals surface area contributed by atoms with Crippen LogP contribution in [0.4, 0.5) is 13.2 Å². The Morgan fingerprint density at radius 2 is 1.67 bits per heavy atom. The lowest BCUT2D eigenvalue weighted by Gasteiger charge is -2.13. The summed E-state index contributed by atoms with van der Waals surface area (Å²) in [5.41, 5.74) is 7.92. The molecule has 0 atom stereocenters. The van der Waals surface area contributed by atoms with Crippen molar-refractivity contribution in [2.24, 2.45) is 5.73 Å². The second-order valence-electron chi connectivity index (χ2n) is 7.61. The number of halogens is 3. The third-order valence-corrected chi connectivity index (χ3v) is 5.66. The molecule has 5 aromatic rings. The Morgan fingerprint density at radius 3 is 2.42 bits per heavy atom. The lowest BCUT2D eigenvalue weighted by Crippen LogP contribution is -2.12. The minimum Gasteiger partial charge on any atom is -0.366 e. The molecular formula is C24H16F3N5O. The first kappa shape index (κ1) is 20.6. The summed E-state index contributed by atoms with van der Waals surface area (Å²) in [5.74, 6) is -2.28. The van der Waals surface area contributed by atoms with Gasteiger partial charge in [-0.25, -0.2) is 18.7 Å². The number of hydrogen-bond donors (Lipinski definition) is 1. The SMILES string of the molecule is Cc1c(-c2cc(C(N)=O)c3nc(C)n(-c4ccnc5c(F)ccc(F)c45)c3c2)ccnc1F. The number of carbonyl (C=O) groups excluding carboxylic acids is 1. The van der Waals surface area contributed by atoms with Gasteiger partial charge in [-0.15, -0.1) is 0 Å². The first-order valence-electron chi connectivity index (χ1n) is 9.95. The van der Waals surface area contributed by atoms with E-state index in [2.05, 4.69) is 15.0 Å². The molecule has 0 fully saturated rings. The number of fused-ring (bicyclic) bond motifs is 2. The molecule has 0 aliphatic carbocycles. The third-order valence-electron chi connectivity index (χ3n) is 5.66. The summed E-state index contributed by atoms with van der Waals surface area (Å²) >= 11 is 0. The summed E-state index contributed by atoms with van der Waals surface area (Å²) in [4.78, 5) is 24.4. The number of carbonyl (C=O) groups is 1. The van der Waals surface area contributed by atoms with Crippen molar-refractivity contribution in [2.45, 2.75) is 13.8 Å². The molecule has 33 heavy (non-hydrogen) atoms. The fraction of sp³-hybridized carbons (Fsp3) is 0.0833. The van der Waals surface area contributed by atoms with E-state index < -0.39 is 23.5 Å². The summed E-state index contributed by atoms with van der Waals surface area (Å²) in [6.07, 6.45) is 2.69. The second-order valence-corrected chi connectivity index (χ2v) is 7.61. The minimum atomic E-state index is -0.726. The largest absolute Gasteiger partial charge is 0.366 e. The predicted octanol–water partition coefficient (Wildman–Crippen LogP) is 4.77. The van der Waals surface area contributed by atoms with Crippen molar-refractivity contribution in [1.29, 1.82) is 0 Å². The van der Waals surface area contributed by atoms with E-state index in [0.717, 1.165) is 12.1 Å². The number of hydrogen-bond acceptors (Lipinski definition) is 4. The van der Waals surface area contributed by atoms with Crippen LogP contribution in [0.25, 0.3) is 38.8 Å². The van der Waals surface area contributed by atoms with Crippen LogP contribution < -0.4 is 5.73 Å². The number of primary amides is 1. The molecule has 0 spiro atoms. The zero-order valence-corrected chi connectivity index (χ0v) is 17.5. The van der Waals surface area contributed by atoms with Crippen molar-refractivity contribution in [3.05, 3.63) is 83.3 Å². The molecule has 9 heteroatoms. The van der Waals surface area contributed by atoms with E-state index in [4.69, 9.17) is 5.73 Å². The van der Waals surface area contributed by atoms with Crippen LogP contribution in [0.1, 0.15) is 21.7 Å². The molecule has 1 amide bonds. The van der Waals surface area contributed by atoms with Crippen LogP contribution in [0.2, 0.25) is 0 Å². The first-order chi connectivity index (χ1) is 15.8. The van der Waals surface area contributed by atoms with Gasteiger partial charge in [0.1, 0.15) is 28.5 Å². The Balaban J connectivity index is 1.92. The Labute approximate surface area is 185 Å². The molecule has 6 nitrogen and oxygen atoms in total. The van der Waals surface area contributed by atoms with Crippen LogP contribution in [-0.4, -0.2) is 25.4 Å². The molecule has 0 bridgehead atoms. The minimum absolute atomic E-state index is 0.0305. The van der Waals surface area contributed by atoms with Gasteiger partial charge in [-0.2, -0.15) is 4.39 Å². The van der Waals surface area contributed by atoms with Crippen LogP contribution >= 0.6 is 0 Å². The zero-order valence-electron chi connectivity index (χ0n) is 17.5. The standard InChI is InChI=1S/C24H16F3N5O/c1-11-14(5-7-30-23(11)27)13-9-15(24(28)33)21-19(10-13)32(12(2)31-21)18-6-8-29-22-17(26)4-3-16(25)20(18)22/h3-10H,1-2H3,(H2,28,33). The first-order valence-corrected chi connectivity index (χ1v) is 9.95. The maximum Gasteiger partial charge on any atom is 0.250 e. The number of benzene rings is 2. The van der Waals surface area contributed by atoms with Gasteiger partial charge in [0, 0.05) is 18.0 Å². The normalized spacial score (nSPS) is 11.4. The van der Waals surface area contributed by atoms with Crippen LogP contribution in [0.3, 0.4) is 0 Å². The summed E-state index contributed by atoms with van der Waals surface area (Å²) in [6, 6.07) is 8.43. The number of aryl methyl sites for hydroxylation is 1. The van der Waals surface area contributed by atoms with E-state index in [0.29, 0.717) is 28.2 Å². The third kappa shape index (κ3) is 3.12. The number of amides is 1. The van der Waals surface area contributed by atoms with Crippen molar-refractivity contribution < 1.29 is 18.0 Å². The van der Waals surface area contributed by atoms with E-state index in [1.165, 1.54) is 24.5 Å². The summed E-state index contributed by atoms with van der Waals surface area (Å²) < 4.78 is 45.0. The zero-order chi connectivity index (χ0) is 23.4. The monoisotopic (exact) mass is 447 g/mol. The maximum atomic E-state index is 14.8. The number of nitrogens with zero attached hydrogens (tertiary/aromatic N) is 4. The molecule has 0 radical (unpaired) electrons. The highest BCUT2D eigenvalue weighted by atomic mass is 19.1. The van der Waals surface area contributed by atoms with Gasteiger partial charge >= 0.3 is 0 Å². The van der Waals surface area contributed by atoms with Gasteiger partial charge in [0.2, 0.25) is 5.95 Å². The second kappa shape index (κ2) is 7.40. The van der Waals surface area contributed by atoms with Crippen LogP contribution in [0, 0.1) is 31.4 Å². The van der Waals surface area contributed by atoms with Gasteiger partial charge in [-0.05, 0) is 61.4 Å². The van der Waals surface area contributed by atoms with Gasteiger partial charge in [-0.1, -0.05) is 0 Å². The van der Waals surface area contributed by atoms with E-state index >= 15 is 0 Å². The van der Waals surface area contributed by atoms with Gasteiger partial charge < -0.3 is 5.73 Å². The maximum absolute atomic E-state index is 14.8. The molecular weight excluding hydrogens is 431 g/mol. The van der Waals surface area contributed by atoms with E-state index in [1.807, 2.05) is 0 Å². The summed E-state index contributed by atoms with van der Waals surface area (Å²) in [6.45, 7) is 3.24. The molecule has 3 aromatic heterocycles. The fourth-order valence-corrected chi connectivity index (χ4v) is 4.13.